The van der Waals surface area contributed by atoms with Crippen LogP contribution in [-0.4, -0.2) is 25.2 Å². The maximum Gasteiger partial charge on any atom is 0.0643 e. The average Bonchev–Trinajstić information content (AvgIpc) is 2.32. The van der Waals surface area contributed by atoms with Crippen molar-refractivity contribution in [2.24, 2.45) is 0 Å². The summed E-state index contributed by atoms with van der Waals surface area (Å²) in [5, 5.41) is 13.0. The lowest BCUT2D eigenvalue weighted by molar-refractivity contribution is 0.412. The largest absolute Gasteiger partial charge is 0.363 e. The van der Waals surface area contributed by atoms with E-state index in [1.165, 1.54) is 0 Å². The van der Waals surface area contributed by atoms with E-state index in [9.17, 15) is 0 Å². The van der Waals surface area contributed by atoms with Gasteiger partial charge in [-0.2, -0.15) is 5.26 Å². The number of nitrogens with zero attached hydrogens (tertiary/aromatic N) is 2. The molecule has 1 saturated heterocycles. The van der Waals surface area contributed by atoms with Crippen LogP contribution in [-0.2, 0) is 0 Å². The van der Waals surface area contributed by atoms with E-state index in [0.29, 0.717) is 12.5 Å². The Morgan fingerprint density at radius 3 is 3.00 bits per heavy atom. The van der Waals surface area contributed by atoms with Crippen molar-refractivity contribution in [3.05, 3.63) is 29.3 Å². The molecule has 90 valence electrons. The second-order valence-corrected chi connectivity index (χ2v) is 4.84. The van der Waals surface area contributed by atoms with Crippen molar-refractivity contribution in [2.75, 3.05) is 18.0 Å². The number of hydrogen-bond donors (Lipinski definition) is 1. The average molecular weight is 250 g/mol. The van der Waals surface area contributed by atoms with Crippen molar-refractivity contribution in [1.82, 2.24) is 5.32 Å². The first-order chi connectivity index (χ1) is 8.22. The molecule has 1 aromatic carbocycles. The molecule has 3 nitrogen and oxygen atoms in total. The van der Waals surface area contributed by atoms with Gasteiger partial charge in [0.05, 0.1) is 29.2 Å². The van der Waals surface area contributed by atoms with Gasteiger partial charge in [0.2, 0.25) is 0 Å². The van der Waals surface area contributed by atoms with Gasteiger partial charge < -0.3 is 10.2 Å². The molecule has 0 spiro atoms. The van der Waals surface area contributed by atoms with Crippen LogP contribution < -0.4 is 10.2 Å². The Morgan fingerprint density at radius 2 is 2.29 bits per heavy atom. The minimum atomic E-state index is 0.205. The van der Waals surface area contributed by atoms with E-state index in [1.807, 2.05) is 24.3 Å². The molecule has 17 heavy (non-hydrogen) atoms. The van der Waals surface area contributed by atoms with E-state index < -0.39 is 0 Å². The van der Waals surface area contributed by atoms with Crippen molar-refractivity contribution in [3.63, 3.8) is 0 Å². The summed E-state index contributed by atoms with van der Waals surface area (Å²) < 4.78 is 0. The van der Waals surface area contributed by atoms with Gasteiger partial charge in [-0.3, -0.25) is 0 Å². The summed E-state index contributed by atoms with van der Waals surface area (Å²) in [7, 11) is 0. The molecule has 0 aliphatic carbocycles. The van der Waals surface area contributed by atoms with E-state index in [-0.39, 0.29) is 6.04 Å². The van der Waals surface area contributed by atoms with Gasteiger partial charge in [-0.25, -0.2) is 0 Å². The van der Waals surface area contributed by atoms with Gasteiger partial charge in [-0.15, -0.1) is 0 Å². The zero-order valence-electron chi connectivity index (χ0n) is 9.86. The second kappa shape index (κ2) is 5.39. The summed E-state index contributed by atoms with van der Waals surface area (Å²) in [6.07, 6.45) is 0.519. The summed E-state index contributed by atoms with van der Waals surface area (Å²) in [4.78, 5) is 2.24. The van der Waals surface area contributed by atoms with Crippen molar-refractivity contribution in [2.45, 2.75) is 25.4 Å². The Balaban J connectivity index is 2.26. The molecular weight excluding hydrogens is 234 g/mol. The molecule has 1 fully saturated rings. The predicted molar refractivity (Wildman–Crippen MR) is 70.3 cm³/mol. The van der Waals surface area contributed by atoms with Crippen LogP contribution in [0.2, 0.25) is 5.02 Å². The van der Waals surface area contributed by atoms with Crippen LogP contribution in [0.1, 0.15) is 13.3 Å². The lowest BCUT2D eigenvalue weighted by Gasteiger charge is -2.40. The summed E-state index contributed by atoms with van der Waals surface area (Å²) in [6, 6.07) is 10.7. The van der Waals surface area contributed by atoms with Crippen LogP contribution in [0.4, 0.5) is 5.69 Å². The standard InChI is InChI=1S/C13H16ClN3/c1-10-9-17(11(6-7-15)8-16-10)13-5-3-2-4-12(13)14/h2-5,10-11,16H,6,8-9H2,1H3. The SMILES string of the molecule is CC1CN(c2ccccc2Cl)C(CC#N)CN1. The number of halogens is 1. The first-order valence-corrected chi connectivity index (χ1v) is 6.21. The normalized spacial score (nSPS) is 24.4. The highest BCUT2D eigenvalue weighted by atomic mass is 35.5. The lowest BCUT2D eigenvalue weighted by atomic mass is 10.1. The second-order valence-electron chi connectivity index (χ2n) is 4.43. The Kier molecular flexibility index (Phi) is 3.88. The Bertz CT molecular complexity index is 427. The van der Waals surface area contributed by atoms with Gasteiger partial charge in [0, 0.05) is 19.1 Å². The number of rotatable bonds is 2. The zero-order chi connectivity index (χ0) is 12.3. The minimum Gasteiger partial charge on any atom is -0.363 e. The van der Waals surface area contributed by atoms with Crippen LogP contribution >= 0.6 is 11.6 Å². The third-order valence-corrected chi connectivity index (χ3v) is 3.42. The third kappa shape index (κ3) is 2.71. The monoisotopic (exact) mass is 249 g/mol. The summed E-state index contributed by atoms with van der Waals surface area (Å²) in [5.74, 6) is 0. The molecule has 2 rings (SSSR count). The van der Waals surface area contributed by atoms with Crippen molar-refractivity contribution < 1.29 is 0 Å². The van der Waals surface area contributed by atoms with E-state index in [0.717, 1.165) is 23.8 Å². The highest BCUT2D eigenvalue weighted by molar-refractivity contribution is 6.33. The number of nitriles is 1. The van der Waals surface area contributed by atoms with Crippen LogP contribution in [0.25, 0.3) is 0 Å². The van der Waals surface area contributed by atoms with E-state index in [2.05, 4.69) is 23.2 Å². The number of nitrogens with one attached hydrogen (secondary N) is 1. The summed E-state index contributed by atoms with van der Waals surface area (Å²) in [6.45, 7) is 3.86. The minimum absolute atomic E-state index is 0.205. The molecular formula is C13H16ClN3. The molecule has 1 aliphatic heterocycles. The number of hydrogen-bond acceptors (Lipinski definition) is 3. The van der Waals surface area contributed by atoms with Gasteiger partial charge >= 0.3 is 0 Å². The van der Waals surface area contributed by atoms with Crippen LogP contribution in [0.3, 0.4) is 0 Å². The molecule has 2 atom stereocenters. The first kappa shape index (κ1) is 12.2. The molecule has 1 aliphatic rings. The van der Waals surface area contributed by atoms with Gasteiger partial charge in [0.15, 0.2) is 0 Å². The van der Waals surface area contributed by atoms with E-state index in [1.54, 1.807) is 0 Å². The van der Waals surface area contributed by atoms with E-state index in [4.69, 9.17) is 16.9 Å². The molecule has 0 saturated carbocycles. The van der Waals surface area contributed by atoms with Crippen LogP contribution in [0, 0.1) is 11.3 Å². The predicted octanol–water partition coefficient (Wildman–Crippen LogP) is 2.42. The molecule has 1 aromatic rings. The fraction of sp³-hybridized carbons (Fsp3) is 0.462. The highest BCUT2D eigenvalue weighted by Crippen LogP contribution is 2.28. The molecule has 0 radical (unpaired) electrons. The number of benzene rings is 1. The topological polar surface area (TPSA) is 39.1 Å². The molecule has 0 bridgehead atoms. The maximum atomic E-state index is 8.88. The van der Waals surface area contributed by atoms with Gasteiger partial charge in [-0.1, -0.05) is 23.7 Å². The first-order valence-electron chi connectivity index (χ1n) is 5.84. The van der Waals surface area contributed by atoms with Gasteiger partial charge in [0.25, 0.3) is 0 Å². The maximum absolute atomic E-state index is 8.88. The molecule has 1 heterocycles. The molecule has 0 amide bonds. The number of piperazine rings is 1. The summed E-state index contributed by atoms with van der Waals surface area (Å²) >= 11 is 6.23. The highest BCUT2D eigenvalue weighted by Gasteiger charge is 2.26. The van der Waals surface area contributed by atoms with Gasteiger partial charge in [-0.05, 0) is 19.1 Å². The van der Waals surface area contributed by atoms with Crippen molar-refractivity contribution in [1.29, 1.82) is 5.26 Å². The molecule has 4 heteroatoms. The lowest BCUT2D eigenvalue weighted by Crippen LogP contribution is -2.55. The Morgan fingerprint density at radius 1 is 1.53 bits per heavy atom. The fourth-order valence-corrected chi connectivity index (χ4v) is 2.47. The quantitative estimate of drug-likeness (QED) is 0.875. The van der Waals surface area contributed by atoms with Crippen molar-refractivity contribution in [3.8, 4) is 6.07 Å². The van der Waals surface area contributed by atoms with Gasteiger partial charge in [0.1, 0.15) is 0 Å². The van der Waals surface area contributed by atoms with Crippen LogP contribution in [0.15, 0.2) is 24.3 Å². The fourth-order valence-electron chi connectivity index (χ4n) is 2.22. The smallest absolute Gasteiger partial charge is 0.0643 e. The number of para-hydroxylation sites is 1. The van der Waals surface area contributed by atoms with Crippen LogP contribution in [0.5, 0.6) is 0 Å². The Labute approximate surface area is 107 Å². The van der Waals surface area contributed by atoms with Crippen molar-refractivity contribution >= 4 is 17.3 Å². The zero-order valence-corrected chi connectivity index (χ0v) is 10.6. The molecule has 1 N–H and O–H groups in total. The van der Waals surface area contributed by atoms with E-state index >= 15 is 0 Å². The Hall–Kier alpha value is -1.24. The summed E-state index contributed by atoms with van der Waals surface area (Å²) in [5.41, 5.74) is 1.03. The molecule has 2 unspecified atom stereocenters. The number of anilines is 1. The molecule has 0 aromatic heterocycles. The third-order valence-electron chi connectivity index (χ3n) is 3.10.